The van der Waals surface area contributed by atoms with Crippen LogP contribution in [0.25, 0.3) is 0 Å². The maximum Gasteiger partial charge on any atom is 0.313 e. The van der Waals surface area contributed by atoms with E-state index in [2.05, 4.69) is 0 Å². The van der Waals surface area contributed by atoms with Crippen LogP contribution in [0.2, 0.25) is 0 Å². The number of hydrogen-bond acceptors (Lipinski definition) is 4. The Morgan fingerprint density at radius 2 is 1.89 bits per heavy atom. The monoisotopic (exact) mass is 269 g/mol. The molecule has 1 saturated heterocycles. The molecule has 0 spiro atoms. The molecule has 1 aromatic rings. The Morgan fingerprint density at radius 1 is 1.22 bits per heavy atom. The zero-order valence-corrected chi connectivity index (χ0v) is 11.6. The van der Waals surface area contributed by atoms with E-state index in [0.29, 0.717) is 6.54 Å². The van der Waals surface area contributed by atoms with Gasteiger partial charge in [-0.25, -0.2) is 0 Å². The van der Waals surface area contributed by atoms with Crippen molar-refractivity contribution in [2.45, 2.75) is 44.0 Å². The van der Waals surface area contributed by atoms with E-state index in [-0.39, 0.29) is 10.9 Å². The number of nitrogens with zero attached hydrogens (tertiary/aromatic N) is 1. The third-order valence-electron chi connectivity index (χ3n) is 3.25. The minimum absolute atomic E-state index is 0.152. The average molecular weight is 269 g/mol. The van der Waals surface area contributed by atoms with Crippen molar-refractivity contribution in [3.05, 3.63) is 29.8 Å². The molecule has 4 nitrogen and oxygen atoms in total. The Bertz CT molecular complexity index is 495. The third-order valence-corrected chi connectivity index (χ3v) is 4.48. The third kappa shape index (κ3) is 3.10. The first-order chi connectivity index (χ1) is 8.49. The molecule has 2 rings (SSSR count). The van der Waals surface area contributed by atoms with Crippen molar-refractivity contribution in [2.24, 2.45) is 0 Å². The van der Waals surface area contributed by atoms with E-state index < -0.39 is 10.1 Å². The SMILES string of the molecule is Cc1ccc(S(=O)(=O)ON2CCCCC2C)cc1. The van der Waals surface area contributed by atoms with Gasteiger partial charge in [0.15, 0.2) is 0 Å². The summed E-state index contributed by atoms with van der Waals surface area (Å²) in [6.45, 7) is 4.58. The van der Waals surface area contributed by atoms with Crippen molar-refractivity contribution in [1.82, 2.24) is 5.06 Å². The van der Waals surface area contributed by atoms with E-state index in [9.17, 15) is 8.42 Å². The quantitative estimate of drug-likeness (QED) is 0.846. The largest absolute Gasteiger partial charge is 0.313 e. The van der Waals surface area contributed by atoms with Crippen molar-refractivity contribution in [3.63, 3.8) is 0 Å². The molecule has 1 heterocycles. The van der Waals surface area contributed by atoms with E-state index in [4.69, 9.17) is 4.28 Å². The molecule has 1 unspecified atom stereocenters. The molecule has 0 amide bonds. The van der Waals surface area contributed by atoms with Crippen LogP contribution in [0.3, 0.4) is 0 Å². The van der Waals surface area contributed by atoms with Gasteiger partial charge in [0.1, 0.15) is 0 Å². The summed E-state index contributed by atoms with van der Waals surface area (Å²) in [5, 5.41) is 1.58. The number of aryl methyl sites for hydroxylation is 1. The molecule has 18 heavy (non-hydrogen) atoms. The number of piperidine rings is 1. The van der Waals surface area contributed by atoms with Crippen LogP contribution in [0.5, 0.6) is 0 Å². The second-order valence-corrected chi connectivity index (χ2v) is 6.36. The molecule has 0 saturated carbocycles. The van der Waals surface area contributed by atoms with Gasteiger partial charge in [-0.1, -0.05) is 24.1 Å². The standard InChI is InChI=1S/C13H19NO3S/c1-11-6-8-13(9-7-11)18(15,16)17-14-10-4-3-5-12(14)2/h6-9,12H,3-5,10H2,1-2H3. The van der Waals surface area contributed by atoms with Gasteiger partial charge in [0.05, 0.1) is 4.90 Å². The molecule has 1 aromatic carbocycles. The summed E-state index contributed by atoms with van der Waals surface area (Å²) in [7, 11) is -3.68. The number of benzene rings is 1. The zero-order valence-electron chi connectivity index (χ0n) is 10.8. The number of hydrogen-bond donors (Lipinski definition) is 0. The van der Waals surface area contributed by atoms with Crippen LogP contribution in [0.15, 0.2) is 29.2 Å². The number of hydroxylamine groups is 2. The first-order valence-corrected chi connectivity index (χ1v) is 7.68. The second kappa shape index (κ2) is 5.38. The summed E-state index contributed by atoms with van der Waals surface area (Å²) in [6, 6.07) is 6.86. The Morgan fingerprint density at radius 3 is 2.50 bits per heavy atom. The van der Waals surface area contributed by atoms with Crippen molar-refractivity contribution in [2.75, 3.05) is 6.54 Å². The fourth-order valence-corrected chi connectivity index (χ4v) is 3.09. The minimum atomic E-state index is -3.68. The van der Waals surface area contributed by atoms with Gasteiger partial charge in [-0.05, 0) is 38.8 Å². The van der Waals surface area contributed by atoms with Crippen molar-refractivity contribution < 1.29 is 12.7 Å². The van der Waals surface area contributed by atoms with E-state index in [1.165, 1.54) is 0 Å². The molecule has 0 bridgehead atoms. The van der Waals surface area contributed by atoms with Gasteiger partial charge in [-0.2, -0.15) is 17.8 Å². The molecule has 0 radical (unpaired) electrons. The first-order valence-electron chi connectivity index (χ1n) is 6.27. The Hall–Kier alpha value is -0.910. The molecular formula is C13H19NO3S. The molecule has 1 atom stereocenters. The second-order valence-electron chi connectivity index (χ2n) is 4.83. The molecule has 1 fully saturated rings. The molecule has 0 aromatic heterocycles. The van der Waals surface area contributed by atoms with Crippen LogP contribution < -0.4 is 0 Å². The van der Waals surface area contributed by atoms with Crippen molar-refractivity contribution in [1.29, 1.82) is 0 Å². The van der Waals surface area contributed by atoms with Crippen LogP contribution in [0.1, 0.15) is 31.7 Å². The highest BCUT2D eigenvalue weighted by Crippen LogP contribution is 2.21. The van der Waals surface area contributed by atoms with E-state index >= 15 is 0 Å². The van der Waals surface area contributed by atoms with Gasteiger partial charge < -0.3 is 0 Å². The summed E-state index contributed by atoms with van der Waals surface area (Å²) in [4.78, 5) is 0.214. The lowest BCUT2D eigenvalue weighted by molar-refractivity contribution is -0.100. The van der Waals surface area contributed by atoms with Gasteiger partial charge in [0.2, 0.25) is 0 Å². The first kappa shape index (κ1) is 13.5. The fraction of sp³-hybridized carbons (Fsp3) is 0.538. The maximum absolute atomic E-state index is 12.1. The molecule has 0 N–H and O–H groups in total. The van der Waals surface area contributed by atoms with Crippen LogP contribution in [0.4, 0.5) is 0 Å². The van der Waals surface area contributed by atoms with E-state index in [1.54, 1.807) is 29.3 Å². The number of rotatable bonds is 3. The molecule has 1 aliphatic rings. The predicted octanol–water partition coefficient (Wildman–Crippen LogP) is 2.49. The molecule has 100 valence electrons. The lowest BCUT2D eigenvalue weighted by Crippen LogP contribution is -2.39. The van der Waals surface area contributed by atoms with Gasteiger partial charge in [0, 0.05) is 12.6 Å². The summed E-state index contributed by atoms with van der Waals surface area (Å²) < 4.78 is 29.4. The van der Waals surface area contributed by atoms with Gasteiger partial charge in [0.25, 0.3) is 0 Å². The van der Waals surface area contributed by atoms with Crippen LogP contribution in [-0.2, 0) is 14.4 Å². The zero-order chi connectivity index (χ0) is 13.2. The van der Waals surface area contributed by atoms with E-state index in [0.717, 1.165) is 24.8 Å². The maximum atomic E-state index is 12.1. The van der Waals surface area contributed by atoms with Crippen molar-refractivity contribution >= 4 is 10.1 Å². The Balaban J connectivity index is 2.13. The summed E-state index contributed by atoms with van der Waals surface area (Å²) >= 11 is 0. The summed E-state index contributed by atoms with van der Waals surface area (Å²) in [5.41, 5.74) is 1.03. The molecule has 0 aliphatic carbocycles. The highest BCUT2D eigenvalue weighted by molar-refractivity contribution is 7.86. The fourth-order valence-electron chi connectivity index (χ4n) is 2.06. The normalized spacial score (nSPS) is 22.0. The highest BCUT2D eigenvalue weighted by Gasteiger charge is 2.26. The van der Waals surface area contributed by atoms with Crippen LogP contribution in [0, 0.1) is 6.92 Å². The average Bonchev–Trinajstić information content (AvgIpc) is 2.32. The minimum Gasteiger partial charge on any atom is -0.192 e. The van der Waals surface area contributed by atoms with Gasteiger partial charge >= 0.3 is 10.1 Å². The van der Waals surface area contributed by atoms with Crippen LogP contribution >= 0.6 is 0 Å². The lowest BCUT2D eigenvalue weighted by Gasteiger charge is -2.31. The van der Waals surface area contributed by atoms with Gasteiger partial charge in [-0.3, -0.25) is 0 Å². The molecular weight excluding hydrogens is 250 g/mol. The van der Waals surface area contributed by atoms with Crippen molar-refractivity contribution in [3.8, 4) is 0 Å². The predicted molar refractivity (Wildman–Crippen MR) is 69.5 cm³/mol. The summed E-state index contributed by atoms with van der Waals surface area (Å²) in [6.07, 6.45) is 3.09. The topological polar surface area (TPSA) is 46.6 Å². The molecule has 1 aliphatic heterocycles. The Labute approximate surface area is 109 Å². The smallest absolute Gasteiger partial charge is 0.192 e. The highest BCUT2D eigenvalue weighted by atomic mass is 32.2. The molecule has 5 heteroatoms. The van der Waals surface area contributed by atoms with Crippen LogP contribution in [-0.4, -0.2) is 26.1 Å². The lowest BCUT2D eigenvalue weighted by atomic mass is 10.1. The van der Waals surface area contributed by atoms with Gasteiger partial charge in [-0.15, -0.1) is 0 Å². The summed E-state index contributed by atoms with van der Waals surface area (Å²) in [5.74, 6) is 0. The Kier molecular flexibility index (Phi) is 4.04. The van der Waals surface area contributed by atoms with E-state index in [1.807, 2.05) is 13.8 Å².